The maximum Gasteiger partial charge on any atom is 0.00926 e. The molecule has 0 aromatic heterocycles. The van der Waals surface area contributed by atoms with E-state index in [1.54, 1.807) is 5.57 Å². The minimum atomic E-state index is 0.741. The second-order valence-electron chi connectivity index (χ2n) is 9.19. The highest BCUT2D eigenvalue weighted by atomic mass is 15.1. The molecule has 148 valence electrons. The van der Waals surface area contributed by atoms with E-state index < -0.39 is 0 Å². The molecule has 1 heteroatoms. The molecule has 2 aliphatic carbocycles. The Morgan fingerprint density at radius 3 is 2.30 bits per heavy atom. The van der Waals surface area contributed by atoms with Gasteiger partial charge in [0.25, 0.3) is 0 Å². The van der Waals surface area contributed by atoms with Crippen LogP contribution in [0.15, 0.2) is 48.1 Å². The Kier molecular flexibility index (Phi) is 7.76. The SMILES string of the molecule is CC(C)Cc1ccc(CCCN(C)C2CCC(C3=CCCC=C3)CC2)cc1. The van der Waals surface area contributed by atoms with Crippen molar-refractivity contribution in [2.45, 2.75) is 77.7 Å². The Morgan fingerprint density at radius 1 is 0.963 bits per heavy atom. The Labute approximate surface area is 167 Å². The lowest BCUT2D eigenvalue weighted by Gasteiger charge is -2.35. The van der Waals surface area contributed by atoms with Gasteiger partial charge < -0.3 is 4.90 Å². The summed E-state index contributed by atoms with van der Waals surface area (Å²) in [6.45, 7) is 5.81. The van der Waals surface area contributed by atoms with Gasteiger partial charge in [-0.05, 0) is 99.9 Å². The molecule has 0 aliphatic heterocycles. The minimum Gasteiger partial charge on any atom is -0.303 e. The van der Waals surface area contributed by atoms with Crippen LogP contribution >= 0.6 is 0 Å². The molecule has 1 aromatic rings. The van der Waals surface area contributed by atoms with Crippen LogP contribution in [0.1, 0.15) is 69.9 Å². The summed E-state index contributed by atoms with van der Waals surface area (Å²) in [6, 6.07) is 10.1. The van der Waals surface area contributed by atoms with Crippen LogP contribution in [0.2, 0.25) is 0 Å². The van der Waals surface area contributed by atoms with Crippen LogP contribution in [-0.4, -0.2) is 24.5 Å². The first-order valence-corrected chi connectivity index (χ1v) is 11.3. The minimum absolute atomic E-state index is 0.741. The number of hydrogen-bond acceptors (Lipinski definition) is 1. The number of hydrogen-bond donors (Lipinski definition) is 0. The Morgan fingerprint density at radius 2 is 1.67 bits per heavy atom. The van der Waals surface area contributed by atoms with E-state index in [9.17, 15) is 0 Å². The van der Waals surface area contributed by atoms with Crippen LogP contribution in [0.4, 0.5) is 0 Å². The average molecular weight is 366 g/mol. The molecule has 0 radical (unpaired) electrons. The molecule has 0 N–H and O–H groups in total. The standard InChI is InChI=1S/C26H39N/c1-21(2)20-23-13-11-22(12-14-23)8-7-19-27(3)26-17-15-25(16-18-26)24-9-5-4-6-10-24/h5,9-14,21,25-26H,4,6-8,15-20H2,1-3H3. The average Bonchev–Trinajstić information content (AvgIpc) is 2.69. The lowest BCUT2D eigenvalue weighted by molar-refractivity contribution is 0.173. The van der Waals surface area contributed by atoms with Crippen molar-refractivity contribution in [2.75, 3.05) is 13.6 Å². The summed E-state index contributed by atoms with van der Waals surface area (Å²) in [5.74, 6) is 1.57. The first-order valence-electron chi connectivity index (χ1n) is 11.3. The van der Waals surface area contributed by atoms with E-state index in [-0.39, 0.29) is 0 Å². The van der Waals surface area contributed by atoms with Crippen molar-refractivity contribution in [3.05, 3.63) is 59.2 Å². The summed E-state index contributed by atoms with van der Waals surface area (Å²) in [4.78, 5) is 2.63. The van der Waals surface area contributed by atoms with E-state index in [1.807, 2.05) is 0 Å². The highest BCUT2D eigenvalue weighted by Gasteiger charge is 2.25. The van der Waals surface area contributed by atoms with Gasteiger partial charge in [-0.3, -0.25) is 0 Å². The van der Waals surface area contributed by atoms with Crippen LogP contribution < -0.4 is 0 Å². The van der Waals surface area contributed by atoms with Crippen molar-refractivity contribution in [1.29, 1.82) is 0 Å². The monoisotopic (exact) mass is 365 g/mol. The third-order valence-electron chi connectivity index (χ3n) is 6.46. The fourth-order valence-corrected chi connectivity index (χ4v) is 4.81. The maximum atomic E-state index is 2.63. The van der Waals surface area contributed by atoms with Crippen molar-refractivity contribution in [3.8, 4) is 0 Å². The zero-order valence-corrected chi connectivity index (χ0v) is 17.8. The van der Waals surface area contributed by atoms with E-state index in [2.05, 4.69) is 68.3 Å². The summed E-state index contributed by atoms with van der Waals surface area (Å²) in [5.41, 5.74) is 4.60. The highest BCUT2D eigenvalue weighted by molar-refractivity contribution is 5.25. The molecule has 27 heavy (non-hydrogen) atoms. The molecular weight excluding hydrogens is 326 g/mol. The third kappa shape index (κ3) is 6.35. The first kappa shape index (κ1) is 20.4. The normalized spacial score (nSPS) is 23.1. The summed E-state index contributed by atoms with van der Waals surface area (Å²) < 4.78 is 0. The Hall–Kier alpha value is -1.34. The second-order valence-corrected chi connectivity index (χ2v) is 9.19. The number of nitrogens with zero attached hydrogens (tertiary/aromatic N) is 1. The topological polar surface area (TPSA) is 3.24 Å². The zero-order valence-electron chi connectivity index (χ0n) is 17.8. The number of rotatable bonds is 8. The van der Waals surface area contributed by atoms with E-state index in [4.69, 9.17) is 0 Å². The molecule has 2 aliphatic rings. The number of allylic oxidation sites excluding steroid dienone is 4. The molecule has 0 amide bonds. The van der Waals surface area contributed by atoms with Gasteiger partial charge in [0.05, 0.1) is 0 Å². The fourth-order valence-electron chi connectivity index (χ4n) is 4.81. The fraction of sp³-hybridized carbons (Fsp3) is 0.615. The molecule has 1 aromatic carbocycles. The van der Waals surface area contributed by atoms with E-state index in [0.717, 1.165) is 17.9 Å². The summed E-state index contributed by atoms with van der Waals surface area (Å²) >= 11 is 0. The van der Waals surface area contributed by atoms with Gasteiger partial charge in [-0.15, -0.1) is 0 Å². The van der Waals surface area contributed by atoms with Crippen molar-refractivity contribution < 1.29 is 0 Å². The predicted octanol–water partition coefficient (Wildman–Crippen LogP) is 6.58. The number of benzene rings is 1. The molecule has 0 bridgehead atoms. The van der Waals surface area contributed by atoms with Gasteiger partial charge in [0.1, 0.15) is 0 Å². The molecule has 3 rings (SSSR count). The quantitative estimate of drug-likeness (QED) is 0.502. The molecule has 0 heterocycles. The lowest BCUT2D eigenvalue weighted by atomic mass is 9.79. The first-order chi connectivity index (χ1) is 13.1. The van der Waals surface area contributed by atoms with Gasteiger partial charge in [0, 0.05) is 6.04 Å². The smallest absolute Gasteiger partial charge is 0.00926 e. The van der Waals surface area contributed by atoms with Gasteiger partial charge in [0.2, 0.25) is 0 Å². The molecule has 1 fully saturated rings. The van der Waals surface area contributed by atoms with Crippen molar-refractivity contribution in [3.63, 3.8) is 0 Å². The van der Waals surface area contributed by atoms with Gasteiger partial charge in [-0.25, -0.2) is 0 Å². The van der Waals surface area contributed by atoms with Gasteiger partial charge in [0.15, 0.2) is 0 Å². The molecule has 0 spiro atoms. The van der Waals surface area contributed by atoms with E-state index in [1.165, 1.54) is 75.5 Å². The zero-order chi connectivity index (χ0) is 19.1. The van der Waals surface area contributed by atoms with Crippen LogP contribution in [-0.2, 0) is 12.8 Å². The molecule has 1 nitrogen and oxygen atoms in total. The predicted molar refractivity (Wildman–Crippen MR) is 118 cm³/mol. The van der Waals surface area contributed by atoms with Crippen LogP contribution in [0, 0.1) is 11.8 Å². The number of aryl methyl sites for hydroxylation is 1. The van der Waals surface area contributed by atoms with Gasteiger partial charge >= 0.3 is 0 Å². The van der Waals surface area contributed by atoms with Crippen LogP contribution in [0.5, 0.6) is 0 Å². The van der Waals surface area contributed by atoms with Crippen molar-refractivity contribution >= 4 is 0 Å². The summed E-state index contributed by atoms with van der Waals surface area (Å²) in [5, 5.41) is 0. The highest BCUT2D eigenvalue weighted by Crippen LogP contribution is 2.34. The molecular formula is C26H39N. The summed E-state index contributed by atoms with van der Waals surface area (Å²) in [6.07, 6.45) is 18.9. The van der Waals surface area contributed by atoms with Crippen molar-refractivity contribution in [2.24, 2.45) is 11.8 Å². The maximum absolute atomic E-state index is 2.63. The van der Waals surface area contributed by atoms with Crippen LogP contribution in [0.3, 0.4) is 0 Å². The Bertz CT molecular complexity index is 614. The summed E-state index contributed by atoms with van der Waals surface area (Å²) in [7, 11) is 2.34. The molecule has 0 saturated heterocycles. The molecule has 0 atom stereocenters. The molecule has 0 unspecified atom stereocenters. The van der Waals surface area contributed by atoms with E-state index >= 15 is 0 Å². The lowest BCUT2D eigenvalue weighted by Crippen LogP contribution is -2.36. The largest absolute Gasteiger partial charge is 0.303 e. The van der Waals surface area contributed by atoms with Crippen molar-refractivity contribution in [1.82, 2.24) is 4.90 Å². The third-order valence-corrected chi connectivity index (χ3v) is 6.46. The van der Waals surface area contributed by atoms with Gasteiger partial charge in [-0.1, -0.05) is 56.3 Å². The van der Waals surface area contributed by atoms with Crippen LogP contribution in [0.25, 0.3) is 0 Å². The van der Waals surface area contributed by atoms with Gasteiger partial charge in [-0.2, -0.15) is 0 Å². The Balaban J connectivity index is 1.36. The molecule has 1 saturated carbocycles. The van der Waals surface area contributed by atoms with E-state index in [0.29, 0.717) is 0 Å². The second kappa shape index (κ2) is 10.3.